The summed E-state index contributed by atoms with van der Waals surface area (Å²) in [6.45, 7) is 3.96. The number of oxazole rings is 1. The van der Waals surface area contributed by atoms with Crippen LogP contribution >= 0.6 is 0 Å². The molecule has 0 fully saturated rings. The van der Waals surface area contributed by atoms with Crippen molar-refractivity contribution in [3.8, 4) is 0 Å². The monoisotopic (exact) mass is 294 g/mol. The van der Waals surface area contributed by atoms with Gasteiger partial charge in [0.1, 0.15) is 37.0 Å². The predicted octanol–water partition coefficient (Wildman–Crippen LogP) is 0.984. The normalized spacial score (nSPS) is 18.1. The number of hydrogen-bond donors (Lipinski definition) is 0. The average Bonchev–Trinajstić information content (AvgIpc) is 2.89. The van der Waals surface area contributed by atoms with Crippen molar-refractivity contribution < 1.29 is 23.4 Å². The molecule has 3 heterocycles. The third-order valence-corrected chi connectivity index (χ3v) is 3.49. The van der Waals surface area contributed by atoms with E-state index in [4.69, 9.17) is 18.6 Å². The number of methoxy groups -OCH3 is 1. The van der Waals surface area contributed by atoms with Gasteiger partial charge in [0.25, 0.3) is 5.91 Å². The van der Waals surface area contributed by atoms with Gasteiger partial charge in [0.05, 0.1) is 6.54 Å². The van der Waals surface area contributed by atoms with Gasteiger partial charge in [0.15, 0.2) is 0 Å². The highest BCUT2D eigenvalue weighted by Crippen LogP contribution is 2.23. The van der Waals surface area contributed by atoms with Crippen molar-refractivity contribution >= 4 is 5.91 Å². The molecule has 21 heavy (non-hydrogen) atoms. The molecule has 0 N–H and O–H groups in total. The van der Waals surface area contributed by atoms with E-state index in [-0.39, 0.29) is 5.91 Å². The molecular weight excluding hydrogens is 276 g/mol. The number of carbonyl (C=O) groups excluding carboxylic acids is 1. The van der Waals surface area contributed by atoms with Crippen molar-refractivity contribution in [3.63, 3.8) is 0 Å². The zero-order valence-corrected chi connectivity index (χ0v) is 12.2. The maximum atomic E-state index is 12.5. The number of nitrogens with zero attached hydrogens (tertiary/aromatic N) is 2. The van der Waals surface area contributed by atoms with E-state index in [0.29, 0.717) is 56.7 Å². The van der Waals surface area contributed by atoms with Crippen LogP contribution in [0.1, 0.15) is 24.3 Å². The quantitative estimate of drug-likeness (QED) is 0.827. The molecular formula is C14H18N2O5. The summed E-state index contributed by atoms with van der Waals surface area (Å²) in [5.41, 5.74) is 0.789. The average molecular weight is 294 g/mol. The summed E-state index contributed by atoms with van der Waals surface area (Å²) in [5.74, 6) is 2.05. The predicted molar refractivity (Wildman–Crippen MR) is 70.9 cm³/mol. The van der Waals surface area contributed by atoms with Gasteiger partial charge in [0.2, 0.25) is 11.6 Å². The molecule has 1 amide bonds. The molecule has 0 saturated heterocycles. The van der Waals surface area contributed by atoms with E-state index >= 15 is 0 Å². The molecule has 0 bridgehead atoms. The molecule has 0 unspecified atom stereocenters. The SMILES string of the molecule is COCc1nc2c(o1)CCN(C(=O)C1=C(C)OCCO1)C2. The Labute approximate surface area is 122 Å². The number of aromatic nitrogens is 1. The first kappa shape index (κ1) is 13.9. The Kier molecular flexibility index (Phi) is 3.83. The number of amides is 1. The fourth-order valence-electron chi connectivity index (χ4n) is 2.47. The number of carbonyl (C=O) groups is 1. The highest BCUT2D eigenvalue weighted by molar-refractivity contribution is 5.92. The van der Waals surface area contributed by atoms with Crippen molar-refractivity contribution in [1.29, 1.82) is 0 Å². The Morgan fingerprint density at radius 3 is 2.95 bits per heavy atom. The van der Waals surface area contributed by atoms with Gasteiger partial charge in [-0.1, -0.05) is 0 Å². The van der Waals surface area contributed by atoms with E-state index in [1.807, 2.05) is 0 Å². The lowest BCUT2D eigenvalue weighted by molar-refractivity contribution is -0.133. The second-order valence-electron chi connectivity index (χ2n) is 4.97. The lowest BCUT2D eigenvalue weighted by atomic mass is 10.1. The highest BCUT2D eigenvalue weighted by atomic mass is 16.6. The van der Waals surface area contributed by atoms with E-state index in [9.17, 15) is 4.79 Å². The Bertz CT molecular complexity index is 578. The van der Waals surface area contributed by atoms with Crippen LogP contribution in [0.3, 0.4) is 0 Å². The maximum absolute atomic E-state index is 12.5. The highest BCUT2D eigenvalue weighted by Gasteiger charge is 2.30. The molecule has 0 atom stereocenters. The van der Waals surface area contributed by atoms with Crippen LogP contribution in [-0.2, 0) is 38.6 Å². The van der Waals surface area contributed by atoms with E-state index < -0.39 is 0 Å². The number of allylic oxidation sites excluding steroid dienone is 1. The Morgan fingerprint density at radius 1 is 1.38 bits per heavy atom. The molecule has 0 spiro atoms. The minimum absolute atomic E-state index is 0.158. The lowest BCUT2D eigenvalue weighted by Gasteiger charge is -2.28. The maximum Gasteiger partial charge on any atom is 0.292 e. The summed E-state index contributed by atoms with van der Waals surface area (Å²) < 4.78 is 21.4. The Hall–Kier alpha value is -2.02. The van der Waals surface area contributed by atoms with E-state index in [2.05, 4.69) is 4.98 Å². The van der Waals surface area contributed by atoms with Gasteiger partial charge in [-0.05, 0) is 6.92 Å². The van der Waals surface area contributed by atoms with Crippen LogP contribution in [0.4, 0.5) is 0 Å². The zero-order chi connectivity index (χ0) is 14.8. The fourth-order valence-corrected chi connectivity index (χ4v) is 2.47. The number of ether oxygens (including phenoxy) is 3. The van der Waals surface area contributed by atoms with Crippen molar-refractivity contribution in [2.24, 2.45) is 0 Å². The summed E-state index contributed by atoms with van der Waals surface area (Å²) >= 11 is 0. The molecule has 2 aliphatic rings. The van der Waals surface area contributed by atoms with Gasteiger partial charge in [-0.3, -0.25) is 4.79 Å². The van der Waals surface area contributed by atoms with Crippen molar-refractivity contribution in [2.75, 3.05) is 26.9 Å². The Morgan fingerprint density at radius 2 is 2.19 bits per heavy atom. The first-order chi connectivity index (χ1) is 10.2. The summed E-state index contributed by atoms with van der Waals surface area (Å²) in [5, 5.41) is 0. The van der Waals surface area contributed by atoms with Crippen molar-refractivity contribution in [2.45, 2.75) is 26.5 Å². The first-order valence-electron chi connectivity index (χ1n) is 6.91. The van der Waals surface area contributed by atoms with Crippen molar-refractivity contribution in [1.82, 2.24) is 9.88 Å². The minimum atomic E-state index is -0.158. The molecule has 7 heteroatoms. The van der Waals surface area contributed by atoms with Gasteiger partial charge in [-0.15, -0.1) is 0 Å². The third-order valence-electron chi connectivity index (χ3n) is 3.49. The van der Waals surface area contributed by atoms with Gasteiger partial charge in [0, 0.05) is 20.1 Å². The molecule has 0 aliphatic carbocycles. The van der Waals surface area contributed by atoms with Gasteiger partial charge in [-0.2, -0.15) is 0 Å². The van der Waals surface area contributed by atoms with Gasteiger partial charge < -0.3 is 23.5 Å². The zero-order valence-electron chi connectivity index (χ0n) is 12.2. The van der Waals surface area contributed by atoms with Gasteiger partial charge >= 0.3 is 0 Å². The van der Waals surface area contributed by atoms with Crippen LogP contribution in [0, 0.1) is 0 Å². The second-order valence-corrected chi connectivity index (χ2v) is 4.97. The molecule has 0 aromatic carbocycles. The molecule has 1 aromatic rings. The second kappa shape index (κ2) is 5.77. The third kappa shape index (κ3) is 2.73. The van der Waals surface area contributed by atoms with Crippen molar-refractivity contribution in [3.05, 3.63) is 28.9 Å². The molecule has 0 radical (unpaired) electrons. The summed E-state index contributed by atoms with van der Waals surface area (Å²) in [4.78, 5) is 18.6. The summed E-state index contributed by atoms with van der Waals surface area (Å²) in [7, 11) is 1.59. The lowest BCUT2D eigenvalue weighted by Crippen LogP contribution is -2.38. The largest absolute Gasteiger partial charge is 0.491 e. The molecule has 0 saturated carbocycles. The van der Waals surface area contributed by atoms with E-state index in [1.54, 1.807) is 18.9 Å². The van der Waals surface area contributed by atoms with E-state index in [0.717, 1.165) is 11.5 Å². The standard InChI is InChI=1S/C14H18N2O5/c1-9-13(20-6-5-19-9)14(17)16-4-3-11-10(7-16)15-12(21-11)8-18-2/h3-8H2,1-2H3. The topological polar surface area (TPSA) is 74.0 Å². The fraction of sp³-hybridized carbons (Fsp3) is 0.571. The molecule has 2 aliphatic heterocycles. The number of hydrogen-bond acceptors (Lipinski definition) is 6. The number of fused-ring (bicyclic) bond motifs is 1. The molecule has 3 rings (SSSR count). The molecule has 114 valence electrons. The van der Waals surface area contributed by atoms with Gasteiger partial charge in [-0.25, -0.2) is 4.98 Å². The Balaban J connectivity index is 1.75. The van der Waals surface area contributed by atoms with E-state index in [1.165, 1.54) is 0 Å². The van der Waals surface area contributed by atoms with Crippen LogP contribution in [-0.4, -0.2) is 42.7 Å². The smallest absolute Gasteiger partial charge is 0.292 e. The minimum Gasteiger partial charge on any atom is -0.491 e. The van der Waals surface area contributed by atoms with Crippen LogP contribution in [0.2, 0.25) is 0 Å². The molecule has 7 nitrogen and oxygen atoms in total. The van der Waals surface area contributed by atoms with Crippen LogP contribution < -0.4 is 0 Å². The summed E-state index contributed by atoms with van der Waals surface area (Å²) in [6, 6.07) is 0. The molecule has 1 aromatic heterocycles. The number of rotatable bonds is 3. The van der Waals surface area contributed by atoms with Crippen LogP contribution in [0.5, 0.6) is 0 Å². The first-order valence-corrected chi connectivity index (χ1v) is 6.91. The van der Waals surface area contributed by atoms with Crippen LogP contribution in [0.25, 0.3) is 0 Å². The van der Waals surface area contributed by atoms with Crippen LogP contribution in [0.15, 0.2) is 15.9 Å². The summed E-state index contributed by atoms with van der Waals surface area (Å²) in [6.07, 6.45) is 0.644.